The normalized spacial score (nSPS) is 11.6. The Hall–Kier alpha value is -2.18. The lowest BCUT2D eigenvalue weighted by Gasteiger charge is -2.08. The van der Waals surface area contributed by atoms with Gasteiger partial charge in [-0.1, -0.05) is 12.1 Å². The molecule has 0 amide bonds. The van der Waals surface area contributed by atoms with E-state index in [0.717, 1.165) is 17.5 Å². The molecule has 0 bridgehead atoms. The van der Waals surface area contributed by atoms with Gasteiger partial charge in [-0.2, -0.15) is 5.10 Å². The molecule has 24 heavy (non-hydrogen) atoms. The molecule has 2 aromatic carbocycles. The van der Waals surface area contributed by atoms with Crippen LogP contribution in [0.4, 0.5) is 4.39 Å². The summed E-state index contributed by atoms with van der Waals surface area (Å²) in [6, 6.07) is 14.3. The van der Waals surface area contributed by atoms with Crippen LogP contribution in [0.15, 0.2) is 59.5 Å². The number of sulfone groups is 1. The molecule has 0 saturated carbocycles. The van der Waals surface area contributed by atoms with Crippen molar-refractivity contribution < 1.29 is 12.8 Å². The smallest absolute Gasteiger partial charge is 0.175 e. The molecule has 0 aliphatic carbocycles. The first-order valence-corrected chi connectivity index (χ1v) is 9.52. The Labute approximate surface area is 144 Å². The minimum atomic E-state index is -3.25. The first-order chi connectivity index (χ1) is 11.4. The molecule has 0 radical (unpaired) electrons. The van der Waals surface area contributed by atoms with E-state index in [1.54, 1.807) is 41.1 Å². The van der Waals surface area contributed by atoms with Crippen LogP contribution in [0.5, 0.6) is 0 Å². The van der Waals surface area contributed by atoms with E-state index in [-0.39, 0.29) is 16.6 Å². The molecule has 0 spiro atoms. The summed E-state index contributed by atoms with van der Waals surface area (Å²) >= 11 is 5.88. The highest BCUT2D eigenvalue weighted by Gasteiger charge is 2.13. The van der Waals surface area contributed by atoms with Crippen molar-refractivity contribution in [3.8, 4) is 16.9 Å². The summed E-state index contributed by atoms with van der Waals surface area (Å²) in [6.45, 7) is 0. The quantitative estimate of drug-likeness (QED) is 0.661. The number of benzene rings is 2. The monoisotopic (exact) mass is 364 g/mol. The highest BCUT2D eigenvalue weighted by molar-refractivity contribution is 7.90. The Morgan fingerprint density at radius 2 is 1.71 bits per heavy atom. The van der Waals surface area contributed by atoms with Crippen molar-refractivity contribution in [2.75, 3.05) is 6.26 Å². The Kier molecular flexibility index (Phi) is 4.43. The van der Waals surface area contributed by atoms with Gasteiger partial charge in [-0.15, -0.1) is 11.6 Å². The summed E-state index contributed by atoms with van der Waals surface area (Å²) in [4.78, 5) is 0.247. The van der Waals surface area contributed by atoms with Crippen LogP contribution in [-0.2, 0) is 15.7 Å². The summed E-state index contributed by atoms with van der Waals surface area (Å²) < 4.78 is 38.0. The third kappa shape index (κ3) is 3.34. The first-order valence-electron chi connectivity index (χ1n) is 7.10. The zero-order valence-electron chi connectivity index (χ0n) is 12.8. The van der Waals surface area contributed by atoms with E-state index < -0.39 is 9.84 Å². The minimum Gasteiger partial charge on any atom is -0.233 e. The molecule has 124 valence electrons. The molecular formula is C17H14ClFN2O2S. The Balaban J connectivity index is 2.10. The van der Waals surface area contributed by atoms with Gasteiger partial charge in [-0.05, 0) is 42.5 Å². The standard InChI is InChI=1S/C17H14ClFN2O2S/c1-24(22,23)16-8-2-12(3-9-16)17-10-14(11-18)20-21(17)15-6-4-13(19)5-7-15/h2-10H,11H2,1H3. The molecule has 1 heterocycles. The van der Waals surface area contributed by atoms with Crippen LogP contribution in [0, 0.1) is 5.82 Å². The summed E-state index contributed by atoms with van der Waals surface area (Å²) in [5.74, 6) is -0.0923. The van der Waals surface area contributed by atoms with Gasteiger partial charge in [0.1, 0.15) is 5.82 Å². The minimum absolute atomic E-state index is 0.239. The van der Waals surface area contributed by atoms with Crippen LogP contribution in [0.1, 0.15) is 5.69 Å². The van der Waals surface area contributed by atoms with Crippen LogP contribution < -0.4 is 0 Å². The van der Waals surface area contributed by atoms with Crippen molar-refractivity contribution >= 4 is 21.4 Å². The Bertz CT molecular complexity index is 965. The number of halogens is 2. The molecular weight excluding hydrogens is 351 g/mol. The van der Waals surface area contributed by atoms with E-state index >= 15 is 0 Å². The van der Waals surface area contributed by atoms with E-state index in [1.807, 2.05) is 6.07 Å². The van der Waals surface area contributed by atoms with Gasteiger partial charge in [0.15, 0.2) is 9.84 Å². The van der Waals surface area contributed by atoms with Gasteiger partial charge >= 0.3 is 0 Å². The predicted molar refractivity (Wildman–Crippen MR) is 91.6 cm³/mol. The van der Waals surface area contributed by atoms with Gasteiger partial charge in [0.25, 0.3) is 0 Å². The van der Waals surface area contributed by atoms with Crippen LogP contribution >= 0.6 is 11.6 Å². The number of hydrogen-bond donors (Lipinski definition) is 0. The van der Waals surface area contributed by atoms with Crippen molar-refractivity contribution in [2.24, 2.45) is 0 Å². The molecule has 0 unspecified atom stereocenters. The third-order valence-corrected chi connectivity index (χ3v) is 4.95. The second-order valence-corrected chi connectivity index (χ2v) is 7.62. The molecule has 0 N–H and O–H groups in total. The fraction of sp³-hybridized carbons (Fsp3) is 0.118. The van der Waals surface area contributed by atoms with Gasteiger partial charge in [0.05, 0.1) is 27.9 Å². The van der Waals surface area contributed by atoms with Gasteiger partial charge in [-0.3, -0.25) is 0 Å². The van der Waals surface area contributed by atoms with Crippen LogP contribution in [0.25, 0.3) is 16.9 Å². The van der Waals surface area contributed by atoms with Gasteiger partial charge in [0.2, 0.25) is 0 Å². The number of hydrogen-bond acceptors (Lipinski definition) is 3. The number of alkyl halides is 1. The number of rotatable bonds is 4. The second-order valence-electron chi connectivity index (χ2n) is 5.34. The van der Waals surface area contributed by atoms with Crippen LogP contribution in [0.3, 0.4) is 0 Å². The SMILES string of the molecule is CS(=O)(=O)c1ccc(-c2cc(CCl)nn2-c2ccc(F)cc2)cc1. The lowest BCUT2D eigenvalue weighted by molar-refractivity contribution is 0.602. The van der Waals surface area contributed by atoms with Gasteiger partial charge in [-0.25, -0.2) is 17.5 Å². The molecule has 0 aliphatic heterocycles. The third-order valence-electron chi connectivity index (χ3n) is 3.55. The van der Waals surface area contributed by atoms with E-state index in [0.29, 0.717) is 11.4 Å². The molecule has 0 atom stereocenters. The van der Waals surface area contributed by atoms with Crippen LogP contribution in [0.2, 0.25) is 0 Å². The lowest BCUT2D eigenvalue weighted by atomic mass is 10.1. The maximum Gasteiger partial charge on any atom is 0.175 e. The van der Waals surface area contributed by atoms with Crippen molar-refractivity contribution in [3.63, 3.8) is 0 Å². The average Bonchev–Trinajstić information content (AvgIpc) is 2.99. The molecule has 0 aliphatic rings. The van der Waals surface area contributed by atoms with Crippen LogP contribution in [-0.4, -0.2) is 24.5 Å². The van der Waals surface area contributed by atoms with E-state index in [2.05, 4.69) is 5.10 Å². The lowest BCUT2D eigenvalue weighted by Crippen LogP contribution is -2.00. The van der Waals surface area contributed by atoms with Gasteiger partial charge in [0, 0.05) is 11.8 Å². The maximum absolute atomic E-state index is 13.1. The first kappa shape index (κ1) is 16.7. The molecule has 1 aromatic heterocycles. The summed E-state index contributed by atoms with van der Waals surface area (Å²) in [6.07, 6.45) is 1.16. The molecule has 3 aromatic rings. The van der Waals surface area contributed by atoms with E-state index in [4.69, 9.17) is 11.6 Å². The molecule has 0 fully saturated rings. The molecule has 0 saturated heterocycles. The summed E-state index contributed by atoms with van der Waals surface area (Å²) in [7, 11) is -3.25. The number of aromatic nitrogens is 2. The van der Waals surface area contributed by atoms with E-state index in [9.17, 15) is 12.8 Å². The highest BCUT2D eigenvalue weighted by Crippen LogP contribution is 2.26. The zero-order chi connectivity index (χ0) is 17.3. The van der Waals surface area contributed by atoms with Gasteiger partial charge < -0.3 is 0 Å². The van der Waals surface area contributed by atoms with Crippen molar-refractivity contribution in [1.29, 1.82) is 0 Å². The predicted octanol–water partition coefficient (Wildman–Crippen LogP) is 3.82. The summed E-state index contributed by atoms with van der Waals surface area (Å²) in [5.41, 5.74) is 2.89. The van der Waals surface area contributed by atoms with Crippen molar-refractivity contribution in [2.45, 2.75) is 10.8 Å². The van der Waals surface area contributed by atoms with E-state index in [1.165, 1.54) is 12.1 Å². The fourth-order valence-electron chi connectivity index (χ4n) is 2.35. The molecule has 3 rings (SSSR count). The number of nitrogens with zero attached hydrogens (tertiary/aromatic N) is 2. The molecule has 7 heteroatoms. The molecule has 4 nitrogen and oxygen atoms in total. The fourth-order valence-corrected chi connectivity index (χ4v) is 3.11. The largest absolute Gasteiger partial charge is 0.233 e. The Morgan fingerprint density at radius 3 is 2.25 bits per heavy atom. The second kappa shape index (κ2) is 6.37. The average molecular weight is 365 g/mol. The summed E-state index contributed by atoms with van der Waals surface area (Å²) in [5, 5.41) is 4.42. The van der Waals surface area contributed by atoms with Crippen molar-refractivity contribution in [3.05, 3.63) is 66.1 Å². The topological polar surface area (TPSA) is 52.0 Å². The Morgan fingerprint density at radius 1 is 1.08 bits per heavy atom. The van der Waals surface area contributed by atoms with Crippen molar-refractivity contribution in [1.82, 2.24) is 9.78 Å². The highest BCUT2D eigenvalue weighted by atomic mass is 35.5. The zero-order valence-corrected chi connectivity index (χ0v) is 14.4. The maximum atomic E-state index is 13.1.